The van der Waals surface area contributed by atoms with Crippen molar-refractivity contribution in [2.45, 2.75) is 12.5 Å². The minimum atomic E-state index is -0.251. The molecule has 0 aliphatic heterocycles. The first-order valence-electron chi connectivity index (χ1n) is 6.65. The molecule has 0 amide bonds. The number of nitrogens with one attached hydrogen (secondary N) is 1. The number of hydrogen-bond donors (Lipinski definition) is 1. The molecule has 0 heterocycles. The molecule has 0 radical (unpaired) electrons. The molecule has 2 rings (SSSR count). The maximum Gasteiger partial charge on any atom is 0.123 e. The van der Waals surface area contributed by atoms with Gasteiger partial charge in [-0.25, -0.2) is 0 Å². The van der Waals surface area contributed by atoms with Crippen molar-refractivity contribution < 1.29 is 4.74 Å². The van der Waals surface area contributed by atoms with Crippen LogP contribution in [-0.2, 0) is 6.54 Å². The van der Waals surface area contributed by atoms with Crippen molar-refractivity contribution in [1.82, 2.24) is 5.32 Å². The lowest BCUT2D eigenvalue weighted by atomic mass is 10.0. The molecule has 1 N–H and O–H groups in total. The number of para-hydroxylation sites is 1. The van der Waals surface area contributed by atoms with Gasteiger partial charge in [0.25, 0.3) is 0 Å². The highest BCUT2D eigenvalue weighted by Gasteiger charge is 2.12. The standard InChI is InChI=1S/C17H18N2O/c1-19-12-15-9-5-6-10-17(15)20-13-16(11-18)14-7-3-2-4-8-14/h2-10,16,19H,12-13H2,1H3. The second-order valence-electron chi connectivity index (χ2n) is 4.54. The molecule has 3 heteroatoms. The van der Waals surface area contributed by atoms with E-state index in [1.54, 1.807) is 0 Å². The molecule has 1 atom stereocenters. The quantitative estimate of drug-likeness (QED) is 0.874. The Labute approximate surface area is 119 Å². The molecule has 1 unspecified atom stereocenters. The Bertz CT molecular complexity index is 575. The Morgan fingerprint density at radius 1 is 1.10 bits per heavy atom. The van der Waals surface area contributed by atoms with E-state index in [0.29, 0.717) is 6.61 Å². The van der Waals surface area contributed by atoms with Crippen LogP contribution in [0.5, 0.6) is 5.75 Å². The third kappa shape index (κ3) is 3.59. The summed E-state index contributed by atoms with van der Waals surface area (Å²) in [7, 11) is 1.90. The zero-order valence-electron chi connectivity index (χ0n) is 11.5. The van der Waals surface area contributed by atoms with E-state index in [4.69, 9.17) is 4.74 Å². The van der Waals surface area contributed by atoms with Crippen LogP contribution in [0.3, 0.4) is 0 Å². The third-order valence-electron chi connectivity index (χ3n) is 3.10. The van der Waals surface area contributed by atoms with Crippen LogP contribution in [0.1, 0.15) is 17.0 Å². The van der Waals surface area contributed by atoms with Gasteiger partial charge in [0.1, 0.15) is 18.3 Å². The van der Waals surface area contributed by atoms with Gasteiger partial charge in [-0.3, -0.25) is 0 Å². The van der Waals surface area contributed by atoms with Crippen molar-refractivity contribution >= 4 is 0 Å². The highest BCUT2D eigenvalue weighted by atomic mass is 16.5. The molecule has 2 aromatic rings. The van der Waals surface area contributed by atoms with Crippen molar-refractivity contribution in [2.75, 3.05) is 13.7 Å². The second kappa shape index (κ2) is 7.32. The van der Waals surface area contributed by atoms with Crippen LogP contribution in [0, 0.1) is 11.3 Å². The Morgan fingerprint density at radius 2 is 1.80 bits per heavy atom. The number of hydrogen-bond acceptors (Lipinski definition) is 3. The SMILES string of the molecule is CNCc1ccccc1OCC(C#N)c1ccccc1. The van der Waals surface area contributed by atoms with E-state index >= 15 is 0 Å². The van der Waals surface area contributed by atoms with Crippen molar-refractivity contribution in [1.29, 1.82) is 5.26 Å². The molecule has 0 saturated carbocycles. The Kier molecular flexibility index (Phi) is 5.16. The van der Waals surface area contributed by atoms with Crippen LogP contribution < -0.4 is 10.1 Å². The largest absolute Gasteiger partial charge is 0.492 e. The summed E-state index contributed by atoms with van der Waals surface area (Å²) >= 11 is 0. The van der Waals surface area contributed by atoms with Gasteiger partial charge in [-0.15, -0.1) is 0 Å². The minimum absolute atomic E-state index is 0.251. The summed E-state index contributed by atoms with van der Waals surface area (Å²) in [5, 5.41) is 12.4. The average molecular weight is 266 g/mol. The molecule has 102 valence electrons. The lowest BCUT2D eigenvalue weighted by Gasteiger charge is -2.14. The Morgan fingerprint density at radius 3 is 2.50 bits per heavy atom. The smallest absolute Gasteiger partial charge is 0.123 e. The summed E-state index contributed by atoms with van der Waals surface area (Å²) in [5.41, 5.74) is 2.08. The second-order valence-corrected chi connectivity index (χ2v) is 4.54. The van der Waals surface area contributed by atoms with E-state index in [2.05, 4.69) is 11.4 Å². The van der Waals surface area contributed by atoms with Crippen LogP contribution in [-0.4, -0.2) is 13.7 Å². The van der Waals surface area contributed by atoms with Gasteiger partial charge in [-0.05, 0) is 18.7 Å². The summed E-state index contributed by atoms with van der Waals surface area (Å²) in [5.74, 6) is 0.580. The van der Waals surface area contributed by atoms with E-state index < -0.39 is 0 Å². The van der Waals surface area contributed by atoms with E-state index in [1.165, 1.54) is 0 Å². The predicted molar refractivity (Wildman–Crippen MR) is 79.5 cm³/mol. The van der Waals surface area contributed by atoms with Gasteiger partial charge in [0, 0.05) is 12.1 Å². The Hall–Kier alpha value is -2.31. The molecular weight excluding hydrogens is 248 g/mol. The van der Waals surface area contributed by atoms with Gasteiger partial charge in [0.05, 0.1) is 6.07 Å². The van der Waals surface area contributed by atoms with Crippen LogP contribution in [0.25, 0.3) is 0 Å². The van der Waals surface area contributed by atoms with Crippen LogP contribution in [0.15, 0.2) is 54.6 Å². The highest BCUT2D eigenvalue weighted by molar-refractivity contribution is 5.34. The average Bonchev–Trinajstić information content (AvgIpc) is 2.51. The minimum Gasteiger partial charge on any atom is -0.492 e. The fourth-order valence-electron chi connectivity index (χ4n) is 2.05. The summed E-state index contributed by atoms with van der Waals surface area (Å²) in [6.07, 6.45) is 0. The maximum atomic E-state index is 9.29. The summed E-state index contributed by atoms with van der Waals surface area (Å²) < 4.78 is 5.83. The van der Waals surface area contributed by atoms with Crippen molar-refractivity contribution in [3.63, 3.8) is 0 Å². The summed E-state index contributed by atoms with van der Waals surface area (Å²) in [6, 6.07) is 19.9. The molecule has 0 spiro atoms. The predicted octanol–water partition coefficient (Wildman–Crippen LogP) is 3.09. The number of benzene rings is 2. The number of ether oxygens (including phenoxy) is 1. The topological polar surface area (TPSA) is 45.0 Å². The molecule has 2 aromatic carbocycles. The number of nitriles is 1. The lowest BCUT2D eigenvalue weighted by molar-refractivity contribution is 0.305. The fraction of sp³-hybridized carbons (Fsp3) is 0.235. The normalized spacial score (nSPS) is 11.6. The Balaban J connectivity index is 2.06. The molecule has 0 saturated heterocycles. The lowest BCUT2D eigenvalue weighted by Crippen LogP contribution is -2.11. The van der Waals surface area contributed by atoms with Gasteiger partial charge >= 0.3 is 0 Å². The van der Waals surface area contributed by atoms with Gasteiger partial charge in [-0.1, -0.05) is 48.5 Å². The zero-order chi connectivity index (χ0) is 14.2. The van der Waals surface area contributed by atoms with Gasteiger partial charge in [0.2, 0.25) is 0 Å². The van der Waals surface area contributed by atoms with Crippen molar-refractivity contribution in [3.05, 3.63) is 65.7 Å². The summed E-state index contributed by atoms with van der Waals surface area (Å²) in [6.45, 7) is 1.11. The monoisotopic (exact) mass is 266 g/mol. The van der Waals surface area contributed by atoms with Crippen molar-refractivity contribution in [3.8, 4) is 11.8 Å². The highest BCUT2D eigenvalue weighted by Crippen LogP contribution is 2.21. The third-order valence-corrected chi connectivity index (χ3v) is 3.10. The molecular formula is C17H18N2O. The first-order chi connectivity index (χ1) is 9.85. The van der Waals surface area contributed by atoms with Gasteiger partial charge < -0.3 is 10.1 Å². The molecule has 0 aromatic heterocycles. The fourth-order valence-corrected chi connectivity index (χ4v) is 2.05. The number of rotatable bonds is 6. The molecule has 0 aliphatic rings. The molecule has 3 nitrogen and oxygen atoms in total. The van der Waals surface area contributed by atoms with E-state index in [0.717, 1.165) is 23.4 Å². The van der Waals surface area contributed by atoms with Crippen molar-refractivity contribution in [2.24, 2.45) is 0 Å². The van der Waals surface area contributed by atoms with Gasteiger partial charge in [0.15, 0.2) is 0 Å². The molecule has 0 aliphatic carbocycles. The van der Waals surface area contributed by atoms with E-state index in [-0.39, 0.29) is 5.92 Å². The summed E-state index contributed by atoms with van der Waals surface area (Å²) in [4.78, 5) is 0. The number of nitrogens with zero attached hydrogens (tertiary/aromatic N) is 1. The first kappa shape index (κ1) is 14.1. The van der Waals surface area contributed by atoms with Crippen LogP contribution in [0.4, 0.5) is 0 Å². The maximum absolute atomic E-state index is 9.29. The van der Waals surface area contributed by atoms with E-state index in [9.17, 15) is 5.26 Å². The molecule has 0 fully saturated rings. The molecule has 20 heavy (non-hydrogen) atoms. The zero-order valence-corrected chi connectivity index (χ0v) is 11.5. The van der Waals surface area contributed by atoms with E-state index in [1.807, 2.05) is 61.6 Å². The van der Waals surface area contributed by atoms with Crippen LogP contribution in [0.2, 0.25) is 0 Å². The first-order valence-corrected chi connectivity index (χ1v) is 6.65. The van der Waals surface area contributed by atoms with Crippen LogP contribution >= 0.6 is 0 Å². The molecule has 0 bridgehead atoms. The van der Waals surface area contributed by atoms with Gasteiger partial charge in [-0.2, -0.15) is 5.26 Å².